The van der Waals surface area contributed by atoms with E-state index < -0.39 is 11.4 Å². The van der Waals surface area contributed by atoms with Gasteiger partial charge in [0.15, 0.2) is 11.0 Å². The van der Waals surface area contributed by atoms with E-state index in [1.807, 2.05) is 13.8 Å². The van der Waals surface area contributed by atoms with Gasteiger partial charge in [0, 0.05) is 5.56 Å². The number of nitrogens with one attached hydrogen (secondary N) is 1. The van der Waals surface area contributed by atoms with Crippen molar-refractivity contribution in [3.05, 3.63) is 26.2 Å². The topological polar surface area (TPSA) is 55.0 Å². The highest BCUT2D eigenvalue weighted by Gasteiger charge is 2.20. The number of ether oxygens (including phenoxy) is 1. The number of fused-ring (bicyclic) bond motifs is 1. The molecule has 0 spiro atoms. The second-order valence-corrected chi connectivity index (χ2v) is 5.17. The molecule has 0 radical (unpaired) electrons. The number of thioether (sulfide) groups is 1. The number of hydrogen-bond donors (Lipinski definition) is 1. The Kier molecular flexibility index (Phi) is 6.01. The summed E-state index contributed by atoms with van der Waals surface area (Å²) in [6, 6.07) is 0. The summed E-state index contributed by atoms with van der Waals surface area (Å²) >= 11 is 4.39. The van der Waals surface area contributed by atoms with E-state index in [4.69, 9.17) is 4.74 Å². The van der Waals surface area contributed by atoms with Crippen LogP contribution in [0.4, 0.5) is 4.39 Å². The Balaban J connectivity index is 0.000000956. The first-order chi connectivity index (χ1) is 9.51. The molecule has 0 unspecified atom stereocenters. The van der Waals surface area contributed by atoms with E-state index in [1.54, 1.807) is 13.2 Å². The average molecular weight is 363 g/mol. The zero-order chi connectivity index (χ0) is 15.4. The number of rotatable bonds is 2. The number of hydrogen-bond acceptors (Lipinski definition) is 4. The highest BCUT2D eigenvalue weighted by molar-refractivity contribution is 9.10. The minimum Gasteiger partial charge on any atom is -0.496 e. The molecule has 0 aliphatic heterocycles. The SMILES string of the molecule is CC.COc1c(C)c(Br)c(F)c2nc(SC)[nH]c(=O)c12. The fourth-order valence-corrected chi connectivity index (χ4v) is 2.47. The van der Waals surface area contributed by atoms with Gasteiger partial charge in [0.1, 0.15) is 16.7 Å². The Morgan fingerprint density at radius 2 is 2.00 bits per heavy atom. The van der Waals surface area contributed by atoms with Gasteiger partial charge in [-0.15, -0.1) is 0 Å². The van der Waals surface area contributed by atoms with Gasteiger partial charge in [-0.2, -0.15) is 0 Å². The van der Waals surface area contributed by atoms with Crippen molar-refractivity contribution in [1.29, 1.82) is 0 Å². The second kappa shape index (κ2) is 7.08. The molecule has 1 heterocycles. The van der Waals surface area contributed by atoms with Gasteiger partial charge >= 0.3 is 0 Å². The smallest absolute Gasteiger partial charge is 0.263 e. The number of halogens is 2. The van der Waals surface area contributed by atoms with Crippen LogP contribution in [0, 0.1) is 12.7 Å². The zero-order valence-electron chi connectivity index (χ0n) is 11.9. The monoisotopic (exact) mass is 362 g/mol. The van der Waals surface area contributed by atoms with E-state index in [-0.39, 0.29) is 15.4 Å². The summed E-state index contributed by atoms with van der Waals surface area (Å²) in [5.41, 5.74) is 0.139. The fourth-order valence-electron chi connectivity index (χ4n) is 1.73. The van der Waals surface area contributed by atoms with Gasteiger partial charge in [0.2, 0.25) is 0 Å². The van der Waals surface area contributed by atoms with Gasteiger partial charge < -0.3 is 9.72 Å². The van der Waals surface area contributed by atoms with Crippen molar-refractivity contribution < 1.29 is 9.13 Å². The molecular formula is C13H16BrFN2O2S. The highest BCUT2D eigenvalue weighted by Crippen LogP contribution is 2.35. The normalized spacial score (nSPS) is 10.2. The summed E-state index contributed by atoms with van der Waals surface area (Å²) in [5.74, 6) is -0.218. The fraction of sp³-hybridized carbons (Fsp3) is 0.385. The molecule has 20 heavy (non-hydrogen) atoms. The van der Waals surface area contributed by atoms with Crippen LogP contribution in [-0.4, -0.2) is 23.3 Å². The highest BCUT2D eigenvalue weighted by atomic mass is 79.9. The molecule has 110 valence electrons. The molecule has 0 aliphatic carbocycles. The van der Waals surface area contributed by atoms with Crippen LogP contribution in [-0.2, 0) is 0 Å². The van der Waals surface area contributed by atoms with Crippen LogP contribution in [0.3, 0.4) is 0 Å². The first kappa shape index (κ1) is 17.0. The van der Waals surface area contributed by atoms with E-state index in [2.05, 4.69) is 25.9 Å². The molecule has 1 N–H and O–H groups in total. The molecule has 0 saturated carbocycles. The Morgan fingerprint density at radius 3 is 2.50 bits per heavy atom. The van der Waals surface area contributed by atoms with E-state index >= 15 is 0 Å². The van der Waals surface area contributed by atoms with Crippen molar-refractivity contribution in [3.8, 4) is 5.75 Å². The molecule has 0 amide bonds. The third-order valence-corrected chi connectivity index (χ3v) is 4.12. The molecule has 0 fully saturated rings. The van der Waals surface area contributed by atoms with Crippen molar-refractivity contribution in [3.63, 3.8) is 0 Å². The molecule has 0 atom stereocenters. The molecule has 2 aromatic rings. The van der Waals surface area contributed by atoms with Crippen molar-refractivity contribution in [2.45, 2.75) is 25.9 Å². The molecule has 7 heteroatoms. The summed E-state index contributed by atoms with van der Waals surface area (Å²) in [7, 11) is 1.44. The first-order valence-electron chi connectivity index (χ1n) is 6.00. The molecule has 2 rings (SSSR count). The quantitative estimate of drug-likeness (QED) is 0.650. The number of methoxy groups -OCH3 is 1. The Labute approximate surface area is 129 Å². The lowest BCUT2D eigenvalue weighted by Gasteiger charge is -2.11. The lowest BCUT2D eigenvalue weighted by atomic mass is 10.1. The van der Waals surface area contributed by atoms with Crippen LogP contribution < -0.4 is 10.3 Å². The van der Waals surface area contributed by atoms with Crippen LogP contribution in [0.5, 0.6) is 5.75 Å². The maximum atomic E-state index is 14.1. The summed E-state index contributed by atoms with van der Waals surface area (Å²) in [6.45, 7) is 5.67. The summed E-state index contributed by atoms with van der Waals surface area (Å²) < 4.78 is 19.6. The lowest BCUT2D eigenvalue weighted by molar-refractivity contribution is 0.415. The summed E-state index contributed by atoms with van der Waals surface area (Å²) in [6.07, 6.45) is 1.75. The molecular weight excluding hydrogens is 347 g/mol. The van der Waals surface area contributed by atoms with Gasteiger partial charge in [-0.1, -0.05) is 25.6 Å². The molecule has 1 aromatic carbocycles. The van der Waals surface area contributed by atoms with Crippen molar-refractivity contribution in [2.24, 2.45) is 0 Å². The van der Waals surface area contributed by atoms with Gasteiger partial charge in [-0.25, -0.2) is 9.37 Å². The zero-order valence-corrected chi connectivity index (χ0v) is 14.3. The van der Waals surface area contributed by atoms with Gasteiger partial charge in [-0.3, -0.25) is 4.79 Å². The third kappa shape index (κ3) is 2.83. The number of H-pyrrole nitrogens is 1. The van der Waals surface area contributed by atoms with E-state index in [0.717, 1.165) is 0 Å². The first-order valence-corrected chi connectivity index (χ1v) is 8.02. The van der Waals surface area contributed by atoms with E-state index in [9.17, 15) is 9.18 Å². The summed E-state index contributed by atoms with van der Waals surface area (Å²) in [4.78, 5) is 18.7. The van der Waals surface area contributed by atoms with Crippen molar-refractivity contribution >= 4 is 38.6 Å². The molecule has 0 bridgehead atoms. The van der Waals surface area contributed by atoms with Crippen molar-refractivity contribution in [1.82, 2.24) is 9.97 Å². The van der Waals surface area contributed by atoms with E-state index in [1.165, 1.54) is 18.9 Å². The lowest BCUT2D eigenvalue weighted by Crippen LogP contribution is -2.12. The second-order valence-electron chi connectivity index (χ2n) is 3.59. The van der Waals surface area contributed by atoms with Gasteiger partial charge in [0.25, 0.3) is 5.56 Å². The largest absolute Gasteiger partial charge is 0.496 e. The van der Waals surface area contributed by atoms with Crippen LogP contribution in [0.2, 0.25) is 0 Å². The Hall–Kier alpha value is -1.08. The van der Waals surface area contributed by atoms with Crippen LogP contribution >= 0.6 is 27.7 Å². The predicted octanol–water partition coefficient (Wildman–Crippen LogP) is 3.89. The molecule has 0 aliphatic rings. The standard InChI is InChI=1S/C11H10BrFN2O2S.C2H6/c1-4-6(12)7(13)8-5(9(4)17-2)10(16)15-11(14-8)18-3;1-2/h1-3H3,(H,14,15,16);1-2H3. The minimum atomic E-state index is -0.551. The van der Waals surface area contributed by atoms with E-state index in [0.29, 0.717) is 16.5 Å². The van der Waals surface area contributed by atoms with Crippen LogP contribution in [0.25, 0.3) is 10.9 Å². The van der Waals surface area contributed by atoms with Crippen molar-refractivity contribution in [2.75, 3.05) is 13.4 Å². The van der Waals surface area contributed by atoms with Gasteiger partial charge in [0.05, 0.1) is 11.6 Å². The number of nitrogens with zero attached hydrogens (tertiary/aromatic N) is 1. The molecule has 4 nitrogen and oxygen atoms in total. The molecule has 0 saturated heterocycles. The minimum absolute atomic E-state index is 0.0115. The Morgan fingerprint density at radius 1 is 1.40 bits per heavy atom. The number of aromatic nitrogens is 2. The van der Waals surface area contributed by atoms with Crippen LogP contribution in [0.1, 0.15) is 19.4 Å². The maximum absolute atomic E-state index is 14.1. The van der Waals surface area contributed by atoms with Crippen LogP contribution in [0.15, 0.2) is 14.4 Å². The van der Waals surface area contributed by atoms with Gasteiger partial charge in [-0.05, 0) is 29.1 Å². The maximum Gasteiger partial charge on any atom is 0.263 e. The number of aromatic amines is 1. The number of benzene rings is 1. The third-order valence-electron chi connectivity index (χ3n) is 2.59. The summed E-state index contributed by atoms with van der Waals surface area (Å²) in [5, 5.41) is 0.498. The molecule has 1 aromatic heterocycles. The Bertz CT molecular complexity index is 688. The average Bonchev–Trinajstić information content (AvgIpc) is 2.48. The predicted molar refractivity (Wildman–Crippen MR) is 84.4 cm³/mol.